The van der Waals surface area contributed by atoms with E-state index in [0.717, 1.165) is 39.0 Å². The molecular weight excluding hydrogens is 278 g/mol. The minimum Gasteiger partial charge on any atom is -0.352 e. The van der Waals surface area contributed by atoms with Gasteiger partial charge < -0.3 is 10.2 Å². The summed E-state index contributed by atoms with van der Waals surface area (Å²) in [6.45, 7) is 5.13. The molecular formula is C17H29N3O2. The van der Waals surface area contributed by atoms with Gasteiger partial charge in [0.1, 0.15) is 0 Å². The number of carbonyl (C=O) groups is 2. The third-order valence-corrected chi connectivity index (χ3v) is 5.40. The Morgan fingerprint density at radius 1 is 1.05 bits per heavy atom. The molecule has 124 valence electrons. The molecule has 1 saturated heterocycles. The van der Waals surface area contributed by atoms with Crippen molar-refractivity contribution in [3.63, 3.8) is 0 Å². The second-order valence-corrected chi connectivity index (χ2v) is 7.04. The molecule has 22 heavy (non-hydrogen) atoms. The first-order valence-corrected chi connectivity index (χ1v) is 9.01. The highest BCUT2D eigenvalue weighted by molar-refractivity contribution is 5.83. The predicted molar refractivity (Wildman–Crippen MR) is 85.4 cm³/mol. The Morgan fingerprint density at radius 3 is 2.23 bits per heavy atom. The van der Waals surface area contributed by atoms with Crippen LogP contribution in [0.3, 0.4) is 0 Å². The smallest absolute Gasteiger partial charge is 0.237 e. The number of rotatable bonds is 5. The van der Waals surface area contributed by atoms with Crippen LogP contribution in [0.15, 0.2) is 0 Å². The second-order valence-electron chi connectivity index (χ2n) is 7.04. The van der Waals surface area contributed by atoms with Crippen molar-refractivity contribution in [2.45, 2.75) is 64.0 Å². The summed E-state index contributed by atoms with van der Waals surface area (Å²) in [6.07, 6.45) is 7.73. The van der Waals surface area contributed by atoms with Gasteiger partial charge in [-0.2, -0.15) is 0 Å². The highest BCUT2D eigenvalue weighted by Crippen LogP contribution is 2.32. The molecule has 0 bridgehead atoms. The van der Waals surface area contributed by atoms with Crippen molar-refractivity contribution >= 4 is 11.8 Å². The van der Waals surface area contributed by atoms with Crippen LogP contribution in [0.4, 0.5) is 0 Å². The lowest BCUT2D eigenvalue weighted by Gasteiger charge is -2.40. The zero-order valence-electron chi connectivity index (χ0n) is 13.7. The Balaban J connectivity index is 1.61. The number of piperazine rings is 1. The van der Waals surface area contributed by atoms with Gasteiger partial charge in [0, 0.05) is 38.6 Å². The highest BCUT2D eigenvalue weighted by Gasteiger charge is 2.38. The fourth-order valence-electron chi connectivity index (χ4n) is 3.94. The third-order valence-electron chi connectivity index (χ3n) is 5.40. The Kier molecular flexibility index (Phi) is 5.01. The number of nitrogens with zero attached hydrogens (tertiary/aromatic N) is 2. The van der Waals surface area contributed by atoms with Crippen LogP contribution in [-0.4, -0.2) is 59.9 Å². The molecule has 0 aromatic heterocycles. The summed E-state index contributed by atoms with van der Waals surface area (Å²) in [5.74, 6) is 0.983. The zero-order chi connectivity index (χ0) is 15.5. The lowest BCUT2D eigenvalue weighted by molar-refractivity contribution is -0.135. The lowest BCUT2D eigenvalue weighted by Crippen LogP contribution is -2.58. The molecule has 3 rings (SSSR count). The molecule has 2 aliphatic carbocycles. The molecule has 1 aliphatic heterocycles. The van der Waals surface area contributed by atoms with Crippen LogP contribution in [0.5, 0.6) is 0 Å². The fourth-order valence-corrected chi connectivity index (χ4v) is 3.94. The van der Waals surface area contributed by atoms with E-state index >= 15 is 0 Å². The summed E-state index contributed by atoms with van der Waals surface area (Å²) < 4.78 is 0. The Bertz CT molecular complexity index is 408. The number of hydrogen-bond donors (Lipinski definition) is 1. The molecule has 0 radical (unpaired) electrons. The first-order chi connectivity index (χ1) is 10.7. The van der Waals surface area contributed by atoms with Gasteiger partial charge in [-0.15, -0.1) is 0 Å². The van der Waals surface area contributed by atoms with Gasteiger partial charge in [0.15, 0.2) is 0 Å². The average molecular weight is 307 g/mol. The van der Waals surface area contributed by atoms with Crippen molar-refractivity contribution in [2.75, 3.05) is 26.2 Å². The molecule has 3 aliphatic rings. The molecule has 0 spiro atoms. The minimum absolute atomic E-state index is 0.0296. The topological polar surface area (TPSA) is 52.7 Å². The van der Waals surface area contributed by atoms with Crippen LogP contribution < -0.4 is 5.32 Å². The van der Waals surface area contributed by atoms with E-state index in [-0.39, 0.29) is 17.9 Å². The van der Waals surface area contributed by atoms with Crippen LogP contribution >= 0.6 is 0 Å². The van der Waals surface area contributed by atoms with E-state index in [1.54, 1.807) is 0 Å². The van der Waals surface area contributed by atoms with Gasteiger partial charge in [0.25, 0.3) is 0 Å². The van der Waals surface area contributed by atoms with Gasteiger partial charge in [0.05, 0.1) is 6.04 Å². The third kappa shape index (κ3) is 3.62. The molecule has 2 saturated carbocycles. The van der Waals surface area contributed by atoms with Gasteiger partial charge in [-0.05, 0) is 31.6 Å². The van der Waals surface area contributed by atoms with Crippen molar-refractivity contribution in [2.24, 2.45) is 5.92 Å². The zero-order valence-corrected chi connectivity index (χ0v) is 13.7. The minimum atomic E-state index is 0.0296. The van der Waals surface area contributed by atoms with Crippen molar-refractivity contribution in [3.8, 4) is 0 Å². The normalized spacial score (nSPS) is 25.2. The molecule has 1 heterocycles. The molecule has 1 unspecified atom stereocenters. The standard InChI is InChI=1S/C17H29N3O2/c1-2-15(21)19-9-11-20(12-10-19)16(13-5-3-4-6-13)17(22)18-14-7-8-14/h13-14,16H,2-12H2,1H3,(H,18,22). The first kappa shape index (κ1) is 15.8. The Labute approximate surface area is 133 Å². The maximum absolute atomic E-state index is 12.7. The van der Waals surface area contributed by atoms with E-state index in [4.69, 9.17) is 0 Å². The van der Waals surface area contributed by atoms with Crippen molar-refractivity contribution in [1.29, 1.82) is 0 Å². The first-order valence-electron chi connectivity index (χ1n) is 9.01. The molecule has 1 N–H and O–H groups in total. The number of amides is 2. The summed E-state index contributed by atoms with van der Waals surface area (Å²) in [5, 5.41) is 3.21. The Hall–Kier alpha value is -1.10. The van der Waals surface area contributed by atoms with Gasteiger partial charge in [-0.25, -0.2) is 0 Å². The summed E-state index contributed by atoms with van der Waals surface area (Å²) in [4.78, 5) is 28.8. The number of carbonyl (C=O) groups excluding carboxylic acids is 2. The quantitative estimate of drug-likeness (QED) is 0.835. The average Bonchev–Trinajstić information content (AvgIpc) is 3.19. The van der Waals surface area contributed by atoms with E-state index < -0.39 is 0 Å². The molecule has 1 atom stereocenters. The van der Waals surface area contributed by atoms with E-state index in [9.17, 15) is 9.59 Å². The van der Waals surface area contributed by atoms with Crippen molar-refractivity contribution < 1.29 is 9.59 Å². The van der Waals surface area contributed by atoms with Crippen molar-refractivity contribution in [1.82, 2.24) is 15.1 Å². The van der Waals surface area contributed by atoms with Crippen molar-refractivity contribution in [3.05, 3.63) is 0 Å². The molecule has 5 heteroatoms. The van der Waals surface area contributed by atoms with Gasteiger partial charge in [-0.1, -0.05) is 19.8 Å². The monoisotopic (exact) mass is 307 g/mol. The van der Waals surface area contributed by atoms with Crippen LogP contribution in [0.1, 0.15) is 51.9 Å². The summed E-state index contributed by atoms with van der Waals surface area (Å²) >= 11 is 0. The number of nitrogens with one attached hydrogen (secondary N) is 1. The van der Waals surface area contributed by atoms with Gasteiger partial charge in [-0.3, -0.25) is 14.5 Å². The lowest BCUT2D eigenvalue weighted by atomic mass is 9.95. The van der Waals surface area contributed by atoms with Gasteiger partial charge >= 0.3 is 0 Å². The van der Waals surface area contributed by atoms with Crippen LogP contribution in [0.2, 0.25) is 0 Å². The molecule has 5 nitrogen and oxygen atoms in total. The maximum atomic E-state index is 12.7. The molecule has 3 fully saturated rings. The summed E-state index contributed by atoms with van der Waals surface area (Å²) in [7, 11) is 0. The van der Waals surface area contributed by atoms with E-state index in [2.05, 4.69) is 10.2 Å². The maximum Gasteiger partial charge on any atom is 0.237 e. The molecule has 0 aromatic carbocycles. The predicted octanol–water partition coefficient (Wildman–Crippen LogP) is 1.38. The van der Waals surface area contributed by atoms with Crippen LogP contribution in [0.25, 0.3) is 0 Å². The van der Waals surface area contributed by atoms with Gasteiger partial charge in [0.2, 0.25) is 11.8 Å². The number of hydrogen-bond acceptors (Lipinski definition) is 3. The summed E-state index contributed by atoms with van der Waals surface area (Å²) in [6, 6.07) is 0.460. The second kappa shape index (κ2) is 6.99. The largest absolute Gasteiger partial charge is 0.352 e. The van der Waals surface area contributed by atoms with Crippen LogP contribution in [-0.2, 0) is 9.59 Å². The Morgan fingerprint density at radius 2 is 1.68 bits per heavy atom. The van der Waals surface area contributed by atoms with E-state index in [0.29, 0.717) is 18.4 Å². The SMILES string of the molecule is CCC(=O)N1CCN(C(C(=O)NC2CC2)C2CCCC2)CC1. The fraction of sp³-hybridized carbons (Fsp3) is 0.882. The van der Waals surface area contributed by atoms with Crippen LogP contribution in [0, 0.1) is 5.92 Å². The molecule has 0 aromatic rings. The van der Waals surface area contributed by atoms with E-state index in [1.807, 2.05) is 11.8 Å². The highest BCUT2D eigenvalue weighted by atomic mass is 16.2. The van der Waals surface area contributed by atoms with E-state index in [1.165, 1.54) is 25.7 Å². The summed E-state index contributed by atoms with van der Waals surface area (Å²) in [5.41, 5.74) is 0. The molecule has 2 amide bonds.